The van der Waals surface area contributed by atoms with Gasteiger partial charge >= 0.3 is 5.97 Å². The second-order valence-corrected chi connectivity index (χ2v) is 7.20. The van der Waals surface area contributed by atoms with Gasteiger partial charge in [0.1, 0.15) is 17.3 Å². The van der Waals surface area contributed by atoms with Crippen LogP contribution < -0.4 is 0 Å². The molecule has 3 aliphatic rings. The third-order valence-electron chi connectivity index (χ3n) is 4.94. The van der Waals surface area contributed by atoms with Crippen molar-refractivity contribution in [3.05, 3.63) is 36.3 Å². The van der Waals surface area contributed by atoms with Gasteiger partial charge in [-0.2, -0.15) is 0 Å². The number of hydrogen-bond acceptors (Lipinski definition) is 5. The lowest BCUT2D eigenvalue weighted by Crippen LogP contribution is -2.40. The average molecular weight is 331 g/mol. The van der Waals surface area contributed by atoms with Crippen molar-refractivity contribution in [3.8, 4) is 0 Å². The molecule has 2 bridgehead atoms. The lowest BCUT2D eigenvalue weighted by molar-refractivity contribution is -0.154. The van der Waals surface area contributed by atoms with Crippen molar-refractivity contribution in [2.45, 2.75) is 32.1 Å². The summed E-state index contributed by atoms with van der Waals surface area (Å²) in [5, 5.41) is 0. The summed E-state index contributed by atoms with van der Waals surface area (Å²) in [6.07, 6.45) is 5.06. The Morgan fingerprint density at radius 3 is 3.04 bits per heavy atom. The van der Waals surface area contributed by atoms with Gasteiger partial charge in [-0.25, -0.2) is 0 Å². The number of hydrogen-bond donors (Lipinski definition) is 0. The van der Waals surface area contributed by atoms with Gasteiger partial charge in [-0.15, -0.1) is 0 Å². The van der Waals surface area contributed by atoms with Crippen LogP contribution in [-0.4, -0.2) is 41.6 Å². The van der Waals surface area contributed by atoms with Gasteiger partial charge in [0.2, 0.25) is 5.91 Å². The van der Waals surface area contributed by atoms with E-state index in [1.165, 1.54) is 0 Å². The molecule has 0 unspecified atom stereocenters. The Morgan fingerprint density at radius 2 is 2.33 bits per heavy atom. The highest BCUT2D eigenvalue weighted by Gasteiger charge is 2.67. The van der Waals surface area contributed by atoms with E-state index in [1.807, 2.05) is 32.1 Å². The van der Waals surface area contributed by atoms with Gasteiger partial charge in [0, 0.05) is 0 Å². The summed E-state index contributed by atoms with van der Waals surface area (Å²) in [5.41, 5.74) is -0.699. The van der Waals surface area contributed by atoms with Gasteiger partial charge in [-0.1, -0.05) is 26.0 Å². The van der Waals surface area contributed by atoms with Gasteiger partial charge in [0.15, 0.2) is 0 Å². The molecule has 4 atom stereocenters. The standard InChI is InChI=1S/C18H21NO5/c1-11(2)9-23-17(21)14-13-5-6-18(24-13)10-19(16(20)15(14)18)8-12-4-3-7-22-12/h3-7,11,13-15H,8-10H2,1-2H3/t13-,14-,15-,18-/m0/s1. The third-order valence-corrected chi connectivity index (χ3v) is 4.94. The second-order valence-electron chi connectivity index (χ2n) is 7.20. The first-order chi connectivity index (χ1) is 11.5. The summed E-state index contributed by atoms with van der Waals surface area (Å²) >= 11 is 0. The molecule has 0 aromatic carbocycles. The van der Waals surface area contributed by atoms with E-state index in [-0.39, 0.29) is 23.9 Å². The van der Waals surface area contributed by atoms with E-state index < -0.39 is 17.4 Å². The Bertz CT molecular complexity index is 680. The normalized spacial score (nSPS) is 33.5. The molecule has 0 radical (unpaired) electrons. The Balaban J connectivity index is 1.54. The molecule has 2 saturated heterocycles. The quantitative estimate of drug-likeness (QED) is 0.607. The van der Waals surface area contributed by atoms with Crippen LogP contribution in [0.4, 0.5) is 0 Å². The van der Waals surface area contributed by atoms with E-state index in [1.54, 1.807) is 17.2 Å². The topological polar surface area (TPSA) is 69.0 Å². The van der Waals surface area contributed by atoms with Crippen molar-refractivity contribution in [2.75, 3.05) is 13.2 Å². The van der Waals surface area contributed by atoms with Crippen LogP contribution in [0.5, 0.6) is 0 Å². The van der Waals surface area contributed by atoms with Gasteiger partial charge < -0.3 is 18.8 Å². The first kappa shape index (κ1) is 15.4. The first-order valence-electron chi connectivity index (χ1n) is 8.35. The minimum absolute atomic E-state index is 0.0650. The highest BCUT2D eigenvalue weighted by molar-refractivity contribution is 5.91. The van der Waals surface area contributed by atoms with Crippen molar-refractivity contribution in [2.24, 2.45) is 17.8 Å². The summed E-state index contributed by atoms with van der Waals surface area (Å²) in [7, 11) is 0. The number of nitrogens with zero attached hydrogens (tertiary/aromatic N) is 1. The molecule has 0 N–H and O–H groups in total. The summed E-state index contributed by atoms with van der Waals surface area (Å²) in [6, 6.07) is 3.63. The van der Waals surface area contributed by atoms with Crippen molar-refractivity contribution < 1.29 is 23.5 Å². The largest absolute Gasteiger partial charge is 0.467 e. The fourth-order valence-corrected chi connectivity index (χ4v) is 3.92. The molecule has 24 heavy (non-hydrogen) atoms. The maximum absolute atomic E-state index is 12.9. The van der Waals surface area contributed by atoms with Gasteiger partial charge in [-0.05, 0) is 18.1 Å². The van der Waals surface area contributed by atoms with Crippen LogP contribution in [0.1, 0.15) is 19.6 Å². The van der Waals surface area contributed by atoms with Crippen LogP contribution >= 0.6 is 0 Å². The number of carbonyl (C=O) groups is 2. The van der Waals surface area contributed by atoms with E-state index in [9.17, 15) is 9.59 Å². The lowest BCUT2D eigenvalue weighted by atomic mass is 9.77. The lowest BCUT2D eigenvalue weighted by Gasteiger charge is -2.23. The number of esters is 1. The maximum Gasteiger partial charge on any atom is 0.312 e. The van der Waals surface area contributed by atoms with Gasteiger partial charge in [0.25, 0.3) is 0 Å². The van der Waals surface area contributed by atoms with Crippen LogP contribution in [-0.2, 0) is 25.6 Å². The molecule has 1 spiro atoms. The van der Waals surface area contributed by atoms with Crippen LogP contribution in [0.25, 0.3) is 0 Å². The number of ether oxygens (including phenoxy) is 2. The molecular formula is C18H21NO5. The van der Waals surface area contributed by atoms with E-state index in [0.29, 0.717) is 19.7 Å². The van der Waals surface area contributed by atoms with E-state index >= 15 is 0 Å². The van der Waals surface area contributed by atoms with Crippen LogP contribution in [0.3, 0.4) is 0 Å². The Labute approximate surface area is 140 Å². The molecule has 4 rings (SSSR count). The van der Waals surface area contributed by atoms with E-state index in [0.717, 1.165) is 5.76 Å². The average Bonchev–Trinajstić information content (AvgIpc) is 3.28. The number of rotatable bonds is 5. The molecule has 1 aromatic heterocycles. The number of carbonyl (C=O) groups excluding carboxylic acids is 2. The minimum atomic E-state index is -0.699. The van der Waals surface area contributed by atoms with Gasteiger partial charge in [0.05, 0.1) is 38.0 Å². The van der Waals surface area contributed by atoms with Crippen LogP contribution in [0.15, 0.2) is 35.0 Å². The number of likely N-dealkylation sites (tertiary alicyclic amines) is 1. The number of fused-ring (bicyclic) bond motifs is 1. The molecule has 0 aliphatic carbocycles. The summed E-state index contributed by atoms with van der Waals surface area (Å²) in [4.78, 5) is 27.1. The molecule has 2 fully saturated rings. The van der Waals surface area contributed by atoms with E-state index in [2.05, 4.69) is 0 Å². The molecule has 6 heteroatoms. The zero-order valence-electron chi connectivity index (χ0n) is 13.8. The molecule has 3 aliphatic heterocycles. The van der Waals surface area contributed by atoms with Crippen molar-refractivity contribution in [1.82, 2.24) is 4.90 Å². The molecule has 128 valence electrons. The Kier molecular flexibility index (Phi) is 3.53. The highest BCUT2D eigenvalue weighted by Crippen LogP contribution is 2.52. The Hall–Kier alpha value is -2.08. The molecule has 1 aromatic rings. The fourth-order valence-electron chi connectivity index (χ4n) is 3.92. The van der Waals surface area contributed by atoms with Crippen LogP contribution in [0.2, 0.25) is 0 Å². The minimum Gasteiger partial charge on any atom is -0.467 e. The summed E-state index contributed by atoms with van der Waals surface area (Å²) in [5.74, 6) is -0.474. The fraction of sp³-hybridized carbons (Fsp3) is 0.556. The smallest absolute Gasteiger partial charge is 0.312 e. The predicted molar refractivity (Wildman–Crippen MR) is 83.6 cm³/mol. The molecule has 0 saturated carbocycles. The van der Waals surface area contributed by atoms with Gasteiger partial charge in [-0.3, -0.25) is 9.59 Å². The molecule has 6 nitrogen and oxygen atoms in total. The zero-order valence-corrected chi connectivity index (χ0v) is 13.8. The predicted octanol–water partition coefficient (Wildman–Crippen LogP) is 1.76. The zero-order chi connectivity index (χ0) is 16.9. The first-order valence-corrected chi connectivity index (χ1v) is 8.35. The SMILES string of the molecule is CC(C)COC(=O)[C@H]1[C@@H]2C=C[C@@]3(CN(Cc4ccco4)C(=O)[C@H]13)O2. The molecule has 1 amide bonds. The second kappa shape index (κ2) is 5.48. The monoisotopic (exact) mass is 331 g/mol. The summed E-state index contributed by atoms with van der Waals surface area (Å²) < 4.78 is 16.8. The molecule has 4 heterocycles. The maximum atomic E-state index is 12.9. The Morgan fingerprint density at radius 1 is 1.50 bits per heavy atom. The van der Waals surface area contributed by atoms with Crippen molar-refractivity contribution in [3.63, 3.8) is 0 Å². The van der Waals surface area contributed by atoms with Crippen LogP contribution in [0, 0.1) is 17.8 Å². The number of amides is 1. The summed E-state index contributed by atoms with van der Waals surface area (Å²) in [6.45, 7) is 5.16. The number of furan rings is 1. The van der Waals surface area contributed by atoms with Crippen molar-refractivity contribution in [1.29, 1.82) is 0 Å². The van der Waals surface area contributed by atoms with E-state index in [4.69, 9.17) is 13.9 Å². The third kappa shape index (κ3) is 2.28. The van der Waals surface area contributed by atoms with Crippen molar-refractivity contribution >= 4 is 11.9 Å². The highest BCUT2D eigenvalue weighted by atomic mass is 16.6. The molecular weight excluding hydrogens is 310 g/mol.